The van der Waals surface area contributed by atoms with E-state index in [0.29, 0.717) is 0 Å². The van der Waals surface area contributed by atoms with Gasteiger partial charge in [0.25, 0.3) is 0 Å². The molecule has 114 valence electrons. The number of imidazole rings is 1. The van der Waals surface area contributed by atoms with Crippen LogP contribution in [-0.4, -0.2) is 9.55 Å². The molecule has 0 fully saturated rings. The molecule has 0 unspecified atom stereocenters. The molecule has 3 heteroatoms. The summed E-state index contributed by atoms with van der Waals surface area (Å²) >= 11 is 0. The Morgan fingerprint density at radius 3 is 2.00 bits per heavy atom. The third kappa shape index (κ3) is 3.29. The van der Waals surface area contributed by atoms with Crippen LogP contribution in [0.1, 0.15) is 58.6 Å². The Morgan fingerprint density at radius 2 is 1.52 bits per heavy atom. The topological polar surface area (TPSA) is 43.8 Å². The second-order valence-corrected chi connectivity index (χ2v) is 7.74. The monoisotopic (exact) mass is 285 g/mol. The van der Waals surface area contributed by atoms with Crippen LogP contribution in [0.2, 0.25) is 0 Å². The van der Waals surface area contributed by atoms with E-state index in [1.165, 1.54) is 5.56 Å². The summed E-state index contributed by atoms with van der Waals surface area (Å²) in [5.41, 5.74) is 8.58. The maximum atomic E-state index is 6.44. The van der Waals surface area contributed by atoms with Crippen LogP contribution in [0, 0.1) is 0 Å². The molecule has 0 aliphatic carbocycles. The van der Waals surface area contributed by atoms with Crippen molar-refractivity contribution in [3.63, 3.8) is 0 Å². The van der Waals surface area contributed by atoms with Crippen molar-refractivity contribution in [3.8, 4) is 0 Å². The highest BCUT2D eigenvalue weighted by Crippen LogP contribution is 2.33. The van der Waals surface area contributed by atoms with Gasteiger partial charge in [0.05, 0.1) is 12.2 Å². The van der Waals surface area contributed by atoms with Crippen LogP contribution in [0.25, 0.3) is 0 Å². The predicted octanol–water partition coefficient (Wildman–Crippen LogP) is 4.11. The van der Waals surface area contributed by atoms with Crippen LogP contribution in [0.5, 0.6) is 0 Å². The number of anilines is 1. The summed E-state index contributed by atoms with van der Waals surface area (Å²) < 4.78 is 2.16. The molecule has 0 bridgehead atoms. The van der Waals surface area contributed by atoms with E-state index in [4.69, 9.17) is 10.7 Å². The molecule has 1 heterocycles. The first kappa shape index (κ1) is 15.6. The number of benzene rings is 1. The second kappa shape index (κ2) is 5.21. The lowest BCUT2D eigenvalue weighted by atomic mass is 9.92. The Labute approximate surface area is 128 Å². The lowest BCUT2D eigenvalue weighted by Crippen LogP contribution is -2.20. The molecular weight excluding hydrogens is 258 g/mol. The van der Waals surface area contributed by atoms with Gasteiger partial charge >= 0.3 is 0 Å². The molecule has 1 aromatic heterocycles. The quantitative estimate of drug-likeness (QED) is 0.902. The summed E-state index contributed by atoms with van der Waals surface area (Å²) in [7, 11) is 0. The lowest BCUT2D eigenvalue weighted by Gasteiger charge is -2.20. The molecule has 2 aromatic rings. The van der Waals surface area contributed by atoms with Crippen LogP contribution in [0.3, 0.4) is 0 Å². The minimum Gasteiger partial charge on any atom is -0.384 e. The zero-order valence-corrected chi connectivity index (χ0v) is 14.1. The molecule has 0 saturated heterocycles. The fourth-order valence-corrected chi connectivity index (χ4v) is 2.52. The average molecular weight is 285 g/mol. The Morgan fingerprint density at radius 1 is 0.952 bits per heavy atom. The largest absolute Gasteiger partial charge is 0.384 e. The molecule has 1 aromatic carbocycles. The highest BCUT2D eigenvalue weighted by atomic mass is 15.2. The van der Waals surface area contributed by atoms with E-state index in [9.17, 15) is 0 Å². The van der Waals surface area contributed by atoms with Gasteiger partial charge in [-0.1, -0.05) is 71.9 Å². The van der Waals surface area contributed by atoms with E-state index in [0.717, 1.165) is 23.9 Å². The number of rotatable bonds is 2. The van der Waals surface area contributed by atoms with Gasteiger partial charge in [-0.2, -0.15) is 0 Å². The highest BCUT2D eigenvalue weighted by Gasteiger charge is 2.29. The van der Waals surface area contributed by atoms with Gasteiger partial charge in [0.2, 0.25) is 0 Å². The minimum absolute atomic E-state index is 0.0353. The van der Waals surface area contributed by atoms with Crippen molar-refractivity contribution in [2.75, 3.05) is 5.73 Å². The SMILES string of the molecule is CC(C)(C)c1nc(C(C)(C)C)n(Cc2ccccc2)c1N. The Hall–Kier alpha value is -1.77. The van der Waals surface area contributed by atoms with Crippen molar-refractivity contribution in [2.45, 2.75) is 58.9 Å². The van der Waals surface area contributed by atoms with Crippen LogP contribution in [-0.2, 0) is 17.4 Å². The molecule has 0 amide bonds. The normalized spacial score (nSPS) is 12.7. The molecule has 0 atom stereocenters. The van der Waals surface area contributed by atoms with Crippen molar-refractivity contribution < 1.29 is 0 Å². The van der Waals surface area contributed by atoms with Crippen LogP contribution >= 0.6 is 0 Å². The third-order valence-electron chi connectivity index (χ3n) is 3.57. The van der Waals surface area contributed by atoms with Gasteiger partial charge < -0.3 is 10.3 Å². The predicted molar refractivity (Wildman–Crippen MR) is 89.6 cm³/mol. The molecule has 21 heavy (non-hydrogen) atoms. The molecule has 0 spiro atoms. The average Bonchev–Trinajstić information content (AvgIpc) is 2.68. The number of nitrogens with two attached hydrogens (primary N) is 1. The van der Waals surface area contributed by atoms with E-state index < -0.39 is 0 Å². The number of aromatic nitrogens is 2. The first-order valence-electron chi connectivity index (χ1n) is 7.51. The van der Waals surface area contributed by atoms with E-state index in [1.807, 2.05) is 6.07 Å². The Balaban J connectivity index is 2.55. The van der Waals surface area contributed by atoms with E-state index in [2.05, 4.69) is 70.4 Å². The molecular formula is C18H27N3. The second-order valence-electron chi connectivity index (χ2n) is 7.74. The standard InChI is InChI=1S/C18H27N3/c1-17(2,3)14-15(19)21(16(20-14)18(4,5)6)12-13-10-8-7-9-11-13/h7-11H,12,19H2,1-6H3. The smallest absolute Gasteiger partial charge is 0.127 e. The van der Waals surface area contributed by atoms with Crippen molar-refractivity contribution >= 4 is 5.82 Å². The third-order valence-corrected chi connectivity index (χ3v) is 3.57. The van der Waals surface area contributed by atoms with Gasteiger partial charge in [-0.05, 0) is 5.56 Å². The maximum Gasteiger partial charge on any atom is 0.127 e. The van der Waals surface area contributed by atoms with Gasteiger partial charge in [-0.25, -0.2) is 4.98 Å². The molecule has 2 rings (SSSR count). The summed E-state index contributed by atoms with van der Waals surface area (Å²) in [4.78, 5) is 4.89. The van der Waals surface area contributed by atoms with E-state index in [-0.39, 0.29) is 10.8 Å². The molecule has 2 N–H and O–H groups in total. The number of nitrogens with zero attached hydrogens (tertiary/aromatic N) is 2. The van der Waals surface area contributed by atoms with Crippen molar-refractivity contribution in [1.29, 1.82) is 0 Å². The minimum atomic E-state index is -0.0496. The van der Waals surface area contributed by atoms with Gasteiger partial charge in [0, 0.05) is 10.8 Å². The summed E-state index contributed by atoms with van der Waals surface area (Å²) in [6.07, 6.45) is 0. The van der Waals surface area contributed by atoms with Crippen LogP contribution < -0.4 is 5.73 Å². The molecule has 0 aliphatic heterocycles. The Kier molecular flexibility index (Phi) is 3.87. The molecule has 3 nitrogen and oxygen atoms in total. The fraction of sp³-hybridized carbons (Fsp3) is 0.500. The van der Waals surface area contributed by atoms with Gasteiger partial charge in [-0.3, -0.25) is 0 Å². The van der Waals surface area contributed by atoms with Crippen molar-refractivity contribution in [1.82, 2.24) is 9.55 Å². The van der Waals surface area contributed by atoms with Gasteiger partial charge in [0.15, 0.2) is 0 Å². The van der Waals surface area contributed by atoms with Crippen molar-refractivity contribution in [2.24, 2.45) is 0 Å². The molecule has 0 radical (unpaired) electrons. The number of nitrogen functional groups attached to an aromatic ring is 1. The first-order valence-corrected chi connectivity index (χ1v) is 7.51. The van der Waals surface area contributed by atoms with E-state index in [1.54, 1.807) is 0 Å². The highest BCUT2D eigenvalue weighted by molar-refractivity contribution is 5.44. The Bertz CT molecular complexity index is 610. The zero-order chi connectivity index (χ0) is 15.8. The van der Waals surface area contributed by atoms with E-state index >= 15 is 0 Å². The maximum absolute atomic E-state index is 6.44. The molecule has 0 saturated carbocycles. The summed E-state index contributed by atoms with van der Waals surface area (Å²) in [5.74, 6) is 1.84. The number of hydrogen-bond acceptors (Lipinski definition) is 2. The van der Waals surface area contributed by atoms with Crippen molar-refractivity contribution in [3.05, 3.63) is 47.4 Å². The summed E-state index contributed by atoms with van der Waals surface area (Å²) in [5, 5.41) is 0. The molecule has 0 aliphatic rings. The number of hydrogen-bond donors (Lipinski definition) is 1. The fourth-order valence-electron chi connectivity index (χ4n) is 2.52. The van der Waals surface area contributed by atoms with Gasteiger partial charge in [-0.15, -0.1) is 0 Å². The summed E-state index contributed by atoms with van der Waals surface area (Å²) in [6, 6.07) is 10.4. The zero-order valence-electron chi connectivity index (χ0n) is 14.1. The van der Waals surface area contributed by atoms with Crippen LogP contribution in [0.15, 0.2) is 30.3 Å². The van der Waals surface area contributed by atoms with Crippen LogP contribution in [0.4, 0.5) is 5.82 Å². The summed E-state index contributed by atoms with van der Waals surface area (Å²) in [6.45, 7) is 13.8. The lowest BCUT2D eigenvalue weighted by molar-refractivity contribution is 0.508. The first-order chi connectivity index (χ1) is 9.60. The van der Waals surface area contributed by atoms with Gasteiger partial charge in [0.1, 0.15) is 11.6 Å².